The first kappa shape index (κ1) is 13.6. The van der Waals surface area contributed by atoms with Crippen LogP contribution < -0.4 is 0 Å². The van der Waals surface area contributed by atoms with Gasteiger partial charge in [0.25, 0.3) is 0 Å². The maximum atomic E-state index is 8.56. The summed E-state index contributed by atoms with van der Waals surface area (Å²) < 4.78 is 5.22. The third-order valence-corrected chi connectivity index (χ3v) is 3.08. The minimum Gasteiger partial charge on any atom is -0.339 e. The van der Waals surface area contributed by atoms with Crippen molar-refractivity contribution >= 4 is 11.6 Å². The molecule has 0 aliphatic carbocycles. The van der Waals surface area contributed by atoms with E-state index in [4.69, 9.17) is 21.4 Å². The first-order valence-corrected chi connectivity index (χ1v) is 6.50. The lowest BCUT2D eigenvalue weighted by Crippen LogP contribution is -1.95. The normalized spacial score (nSPS) is 12.1. The van der Waals surface area contributed by atoms with E-state index in [1.54, 1.807) is 0 Å². The molecular weight excluding hydrogens is 262 g/mol. The molecule has 1 aromatic heterocycles. The number of rotatable bonds is 5. The monoisotopic (exact) mass is 275 g/mol. The van der Waals surface area contributed by atoms with E-state index in [2.05, 4.69) is 16.2 Å². The van der Waals surface area contributed by atoms with Crippen LogP contribution in [-0.2, 0) is 6.42 Å². The van der Waals surface area contributed by atoms with Crippen molar-refractivity contribution in [2.45, 2.75) is 32.1 Å². The number of aromatic nitrogens is 2. The molecule has 0 aliphatic heterocycles. The molecule has 0 saturated carbocycles. The van der Waals surface area contributed by atoms with Gasteiger partial charge in [0.2, 0.25) is 5.89 Å². The van der Waals surface area contributed by atoms with Crippen LogP contribution in [0.2, 0.25) is 5.02 Å². The Kier molecular flexibility index (Phi) is 4.53. The summed E-state index contributed by atoms with van der Waals surface area (Å²) in [4.78, 5) is 4.36. The average Bonchev–Trinajstić information content (AvgIpc) is 2.84. The molecule has 1 aromatic carbocycles. The molecule has 0 bridgehead atoms. The summed E-state index contributed by atoms with van der Waals surface area (Å²) in [5, 5.41) is 13.2. The zero-order valence-corrected chi connectivity index (χ0v) is 11.4. The predicted molar refractivity (Wildman–Crippen MR) is 71.8 cm³/mol. The first-order chi connectivity index (χ1) is 9.19. The second kappa shape index (κ2) is 6.35. The van der Waals surface area contributed by atoms with E-state index in [1.807, 2.05) is 31.2 Å². The number of nitriles is 1. The van der Waals surface area contributed by atoms with Gasteiger partial charge in [-0.25, -0.2) is 0 Å². The largest absolute Gasteiger partial charge is 0.339 e. The molecule has 0 saturated heterocycles. The molecule has 0 N–H and O–H groups in total. The number of benzene rings is 1. The number of hydrogen-bond donors (Lipinski definition) is 0. The molecule has 4 nitrogen and oxygen atoms in total. The molecule has 5 heteroatoms. The fourth-order valence-electron chi connectivity index (χ4n) is 1.77. The lowest BCUT2D eigenvalue weighted by molar-refractivity contribution is 0.351. The minimum absolute atomic E-state index is 0.111. The highest BCUT2D eigenvalue weighted by Gasteiger charge is 2.14. The summed E-state index contributed by atoms with van der Waals surface area (Å²) >= 11 is 5.93. The van der Waals surface area contributed by atoms with Gasteiger partial charge in [-0.2, -0.15) is 10.2 Å². The molecule has 98 valence electrons. The van der Waals surface area contributed by atoms with E-state index >= 15 is 0 Å². The maximum absolute atomic E-state index is 8.56. The molecule has 1 unspecified atom stereocenters. The van der Waals surface area contributed by atoms with Crippen LogP contribution >= 0.6 is 11.6 Å². The highest BCUT2D eigenvalue weighted by atomic mass is 35.5. The van der Waals surface area contributed by atoms with Crippen LogP contribution in [0, 0.1) is 11.3 Å². The summed E-state index contributed by atoms with van der Waals surface area (Å²) in [5.74, 6) is 1.34. The van der Waals surface area contributed by atoms with Gasteiger partial charge in [-0.15, -0.1) is 0 Å². The number of nitrogens with zero attached hydrogens (tertiary/aromatic N) is 3. The van der Waals surface area contributed by atoms with E-state index in [-0.39, 0.29) is 5.92 Å². The number of hydrogen-bond acceptors (Lipinski definition) is 4. The summed E-state index contributed by atoms with van der Waals surface area (Å²) in [5.41, 5.74) is 1.05. The second-order valence-electron chi connectivity index (χ2n) is 4.45. The van der Waals surface area contributed by atoms with Crippen LogP contribution in [-0.4, -0.2) is 10.1 Å². The van der Waals surface area contributed by atoms with Crippen LogP contribution in [0.25, 0.3) is 0 Å². The fraction of sp³-hybridized carbons (Fsp3) is 0.357. The average molecular weight is 276 g/mol. The van der Waals surface area contributed by atoms with E-state index in [9.17, 15) is 0 Å². The molecule has 2 rings (SSSR count). The van der Waals surface area contributed by atoms with Crippen LogP contribution in [0.3, 0.4) is 0 Å². The van der Waals surface area contributed by atoms with Crippen LogP contribution in [0.1, 0.15) is 43.0 Å². The molecule has 1 heterocycles. The molecule has 0 radical (unpaired) electrons. The van der Waals surface area contributed by atoms with Gasteiger partial charge >= 0.3 is 0 Å². The highest BCUT2D eigenvalue weighted by Crippen LogP contribution is 2.19. The molecule has 1 atom stereocenters. The van der Waals surface area contributed by atoms with Gasteiger partial charge in [-0.05, 0) is 24.1 Å². The summed E-state index contributed by atoms with van der Waals surface area (Å²) in [7, 11) is 0. The molecular formula is C14H14ClN3O. The zero-order valence-electron chi connectivity index (χ0n) is 10.6. The van der Waals surface area contributed by atoms with Crippen LogP contribution in [0.5, 0.6) is 0 Å². The van der Waals surface area contributed by atoms with Crippen molar-refractivity contribution in [2.24, 2.45) is 0 Å². The standard InChI is InChI=1S/C14H14ClN3O/c1-10(4-3-7-16)14-17-13(18-19-14)9-11-5-2-6-12(15)8-11/h2,5-6,8,10H,3-4,9H2,1H3. The molecule has 0 aliphatic rings. The van der Waals surface area contributed by atoms with Gasteiger partial charge in [0.15, 0.2) is 5.82 Å². The van der Waals surface area contributed by atoms with Crippen molar-refractivity contribution in [1.82, 2.24) is 10.1 Å². The SMILES string of the molecule is CC(CCC#N)c1nc(Cc2cccc(Cl)c2)no1. The summed E-state index contributed by atoms with van der Waals surface area (Å²) in [6, 6.07) is 9.70. The van der Waals surface area contributed by atoms with Crippen molar-refractivity contribution in [3.05, 3.63) is 46.6 Å². The van der Waals surface area contributed by atoms with Crippen molar-refractivity contribution in [3.8, 4) is 6.07 Å². The van der Waals surface area contributed by atoms with Gasteiger partial charge in [0, 0.05) is 23.8 Å². The smallest absolute Gasteiger partial charge is 0.229 e. The maximum Gasteiger partial charge on any atom is 0.229 e. The Bertz CT molecular complexity index is 588. The first-order valence-electron chi connectivity index (χ1n) is 6.13. The van der Waals surface area contributed by atoms with Gasteiger partial charge in [0.1, 0.15) is 0 Å². The topological polar surface area (TPSA) is 62.7 Å². The molecule has 0 spiro atoms. The molecule has 19 heavy (non-hydrogen) atoms. The van der Waals surface area contributed by atoms with Gasteiger partial charge in [-0.3, -0.25) is 0 Å². The Hall–Kier alpha value is -1.86. The number of halogens is 1. The predicted octanol–water partition coefficient (Wildman–Crippen LogP) is 3.72. The minimum atomic E-state index is 0.111. The Morgan fingerprint density at radius 3 is 3.05 bits per heavy atom. The molecule has 0 fully saturated rings. The lowest BCUT2D eigenvalue weighted by atomic mass is 10.1. The van der Waals surface area contributed by atoms with Crippen molar-refractivity contribution in [1.29, 1.82) is 5.26 Å². The van der Waals surface area contributed by atoms with Gasteiger partial charge in [-0.1, -0.05) is 35.8 Å². The third-order valence-electron chi connectivity index (χ3n) is 2.85. The Morgan fingerprint density at radius 2 is 2.32 bits per heavy atom. The highest BCUT2D eigenvalue weighted by molar-refractivity contribution is 6.30. The van der Waals surface area contributed by atoms with E-state index in [0.29, 0.717) is 29.6 Å². The van der Waals surface area contributed by atoms with Crippen molar-refractivity contribution in [2.75, 3.05) is 0 Å². The third kappa shape index (κ3) is 3.80. The van der Waals surface area contributed by atoms with Crippen molar-refractivity contribution in [3.63, 3.8) is 0 Å². The van der Waals surface area contributed by atoms with Gasteiger partial charge in [0.05, 0.1) is 6.07 Å². The second-order valence-corrected chi connectivity index (χ2v) is 4.89. The Balaban J connectivity index is 2.03. The van der Waals surface area contributed by atoms with Crippen LogP contribution in [0.15, 0.2) is 28.8 Å². The van der Waals surface area contributed by atoms with Crippen LogP contribution in [0.4, 0.5) is 0 Å². The Labute approximate surface area is 117 Å². The molecule has 2 aromatic rings. The summed E-state index contributed by atoms with van der Waals surface area (Å²) in [6.45, 7) is 1.98. The van der Waals surface area contributed by atoms with Gasteiger partial charge < -0.3 is 4.52 Å². The Morgan fingerprint density at radius 1 is 1.47 bits per heavy atom. The van der Waals surface area contributed by atoms with E-state index in [0.717, 1.165) is 12.0 Å². The van der Waals surface area contributed by atoms with Crippen molar-refractivity contribution < 1.29 is 4.52 Å². The quantitative estimate of drug-likeness (QED) is 0.834. The lowest BCUT2D eigenvalue weighted by Gasteiger charge is -2.01. The van der Waals surface area contributed by atoms with E-state index in [1.165, 1.54) is 0 Å². The van der Waals surface area contributed by atoms with E-state index < -0.39 is 0 Å². The zero-order chi connectivity index (χ0) is 13.7. The fourth-order valence-corrected chi connectivity index (χ4v) is 1.99. The molecule has 0 amide bonds. The summed E-state index contributed by atoms with van der Waals surface area (Å²) in [6.07, 6.45) is 1.82.